The highest BCUT2D eigenvalue weighted by Gasteiger charge is 2.27. The molecule has 36 heavy (non-hydrogen) atoms. The standard InChI is InChI=1S/C24H31N5O6S/c1-28(19-10-12-20(35-2)13-11-19)23(31)21(16-18-8-4-3-5-9-18)26-24(32)27-36(33,34)25-17-22(30)29-14-6-7-15-29/h3-5,8-13,21,25H,6-7,14-17H2,1-2H3,(H2,26,27,32). The van der Waals surface area contributed by atoms with Crippen LogP contribution in [0.3, 0.4) is 0 Å². The Labute approximate surface area is 211 Å². The third-order valence-electron chi connectivity index (χ3n) is 5.78. The molecule has 194 valence electrons. The van der Waals surface area contributed by atoms with Gasteiger partial charge in [-0.3, -0.25) is 9.59 Å². The summed E-state index contributed by atoms with van der Waals surface area (Å²) in [5.41, 5.74) is 1.34. The second-order valence-electron chi connectivity index (χ2n) is 8.33. The molecule has 0 bridgehead atoms. The Bertz CT molecular complexity index is 1150. The van der Waals surface area contributed by atoms with Crippen LogP contribution in [-0.2, 0) is 26.2 Å². The van der Waals surface area contributed by atoms with E-state index in [-0.39, 0.29) is 12.3 Å². The summed E-state index contributed by atoms with van der Waals surface area (Å²) in [6, 6.07) is 13.7. The number of carbonyl (C=O) groups excluding carboxylic acids is 3. The maximum absolute atomic E-state index is 13.3. The van der Waals surface area contributed by atoms with Crippen molar-refractivity contribution < 1.29 is 27.5 Å². The Morgan fingerprint density at radius 1 is 1.03 bits per heavy atom. The highest BCUT2D eigenvalue weighted by molar-refractivity contribution is 7.88. The summed E-state index contributed by atoms with van der Waals surface area (Å²) in [6.07, 6.45) is 1.89. The van der Waals surface area contributed by atoms with E-state index < -0.39 is 34.7 Å². The van der Waals surface area contributed by atoms with Crippen LogP contribution in [0.4, 0.5) is 10.5 Å². The fraction of sp³-hybridized carbons (Fsp3) is 0.375. The number of nitrogens with zero attached hydrogens (tertiary/aromatic N) is 2. The van der Waals surface area contributed by atoms with Gasteiger partial charge in [0.25, 0.3) is 0 Å². The first-order chi connectivity index (χ1) is 17.2. The normalized spacial score (nSPS) is 14.1. The Morgan fingerprint density at radius 3 is 2.28 bits per heavy atom. The number of hydrogen-bond donors (Lipinski definition) is 3. The third kappa shape index (κ3) is 7.68. The van der Waals surface area contributed by atoms with Crippen LogP contribution in [0.25, 0.3) is 0 Å². The molecule has 12 heteroatoms. The molecule has 2 aromatic rings. The number of benzene rings is 2. The molecule has 1 atom stereocenters. The number of nitrogens with one attached hydrogen (secondary N) is 3. The summed E-state index contributed by atoms with van der Waals surface area (Å²) in [4.78, 5) is 40.9. The van der Waals surface area contributed by atoms with Crippen LogP contribution < -0.4 is 24.4 Å². The summed E-state index contributed by atoms with van der Waals surface area (Å²) >= 11 is 0. The van der Waals surface area contributed by atoms with Crippen LogP contribution in [0.15, 0.2) is 54.6 Å². The molecule has 3 N–H and O–H groups in total. The molecule has 0 saturated carbocycles. The first-order valence-corrected chi connectivity index (χ1v) is 13.0. The number of likely N-dealkylation sites (N-methyl/N-ethyl adjacent to an activating group) is 1. The van der Waals surface area contributed by atoms with E-state index in [9.17, 15) is 22.8 Å². The molecule has 1 saturated heterocycles. The maximum Gasteiger partial charge on any atom is 0.330 e. The molecule has 1 fully saturated rings. The van der Waals surface area contributed by atoms with Gasteiger partial charge in [-0.15, -0.1) is 0 Å². The summed E-state index contributed by atoms with van der Waals surface area (Å²) in [5, 5.41) is 2.46. The van der Waals surface area contributed by atoms with Gasteiger partial charge in [-0.2, -0.15) is 13.1 Å². The lowest BCUT2D eigenvalue weighted by Crippen LogP contribution is -2.54. The molecule has 3 rings (SSSR count). The van der Waals surface area contributed by atoms with Crippen molar-refractivity contribution in [2.24, 2.45) is 0 Å². The van der Waals surface area contributed by atoms with Gasteiger partial charge in [0.05, 0.1) is 13.7 Å². The first kappa shape index (κ1) is 27.0. The zero-order valence-corrected chi connectivity index (χ0v) is 21.1. The quantitative estimate of drug-likeness (QED) is 0.431. The van der Waals surface area contributed by atoms with Crippen LogP contribution >= 0.6 is 0 Å². The number of rotatable bonds is 10. The van der Waals surface area contributed by atoms with Crippen LogP contribution in [0.2, 0.25) is 0 Å². The Balaban J connectivity index is 1.67. The van der Waals surface area contributed by atoms with E-state index >= 15 is 0 Å². The average molecular weight is 518 g/mol. The zero-order chi connectivity index (χ0) is 26.1. The van der Waals surface area contributed by atoms with Crippen molar-refractivity contribution in [1.82, 2.24) is 19.7 Å². The number of hydrogen-bond acceptors (Lipinski definition) is 6. The molecule has 2 aromatic carbocycles. The predicted octanol–water partition coefficient (Wildman–Crippen LogP) is 1.03. The van der Waals surface area contributed by atoms with Gasteiger partial charge < -0.3 is 19.9 Å². The van der Waals surface area contributed by atoms with E-state index in [0.717, 1.165) is 18.4 Å². The van der Waals surface area contributed by atoms with Crippen molar-refractivity contribution in [2.45, 2.75) is 25.3 Å². The second-order valence-corrected chi connectivity index (χ2v) is 9.83. The fourth-order valence-corrected chi connectivity index (χ4v) is 4.49. The highest BCUT2D eigenvalue weighted by Crippen LogP contribution is 2.19. The maximum atomic E-state index is 13.3. The Hall–Kier alpha value is -3.64. The molecule has 4 amide bonds. The molecule has 1 aliphatic heterocycles. The van der Waals surface area contributed by atoms with E-state index in [4.69, 9.17) is 4.74 Å². The van der Waals surface area contributed by atoms with Crippen molar-refractivity contribution in [3.8, 4) is 5.75 Å². The second kappa shape index (κ2) is 12.4. The topological polar surface area (TPSA) is 137 Å². The lowest BCUT2D eigenvalue weighted by molar-refractivity contribution is -0.128. The van der Waals surface area contributed by atoms with E-state index in [1.807, 2.05) is 10.8 Å². The van der Waals surface area contributed by atoms with Crippen molar-refractivity contribution >= 4 is 33.7 Å². The molecule has 0 aromatic heterocycles. The molecule has 1 heterocycles. The van der Waals surface area contributed by atoms with Gasteiger partial charge in [-0.05, 0) is 42.7 Å². The van der Waals surface area contributed by atoms with Crippen molar-refractivity contribution in [2.75, 3.05) is 38.7 Å². The highest BCUT2D eigenvalue weighted by atomic mass is 32.2. The average Bonchev–Trinajstić information content (AvgIpc) is 3.42. The number of urea groups is 1. The lowest BCUT2D eigenvalue weighted by Gasteiger charge is -2.25. The van der Waals surface area contributed by atoms with Gasteiger partial charge in [0.2, 0.25) is 11.8 Å². The van der Waals surface area contributed by atoms with Crippen LogP contribution in [-0.4, -0.2) is 71.0 Å². The Kier molecular flexibility index (Phi) is 9.25. The molecule has 0 spiro atoms. The molecular weight excluding hydrogens is 486 g/mol. The zero-order valence-electron chi connectivity index (χ0n) is 20.3. The number of amides is 4. The van der Waals surface area contributed by atoms with Crippen molar-refractivity contribution in [3.63, 3.8) is 0 Å². The van der Waals surface area contributed by atoms with Crippen LogP contribution in [0, 0.1) is 0 Å². The lowest BCUT2D eigenvalue weighted by atomic mass is 10.0. The third-order valence-corrected chi connectivity index (χ3v) is 6.75. The minimum Gasteiger partial charge on any atom is -0.497 e. The summed E-state index contributed by atoms with van der Waals surface area (Å²) in [5.74, 6) is -0.191. The summed E-state index contributed by atoms with van der Waals surface area (Å²) < 4.78 is 33.7. The number of ether oxygens (including phenoxy) is 1. The first-order valence-electron chi connectivity index (χ1n) is 11.5. The minimum absolute atomic E-state index is 0.133. The fourth-order valence-electron chi connectivity index (χ4n) is 3.80. The number of likely N-dealkylation sites (tertiary alicyclic amines) is 1. The Morgan fingerprint density at radius 2 is 1.67 bits per heavy atom. The van der Waals surface area contributed by atoms with E-state index in [2.05, 4.69) is 10.0 Å². The van der Waals surface area contributed by atoms with E-state index in [1.165, 1.54) is 12.0 Å². The van der Waals surface area contributed by atoms with E-state index in [0.29, 0.717) is 24.5 Å². The van der Waals surface area contributed by atoms with Crippen LogP contribution in [0.1, 0.15) is 18.4 Å². The molecular formula is C24H31N5O6S. The van der Waals surface area contributed by atoms with Gasteiger partial charge in [-0.25, -0.2) is 9.52 Å². The van der Waals surface area contributed by atoms with Gasteiger partial charge in [0.1, 0.15) is 11.8 Å². The number of carbonyl (C=O) groups is 3. The summed E-state index contributed by atoms with van der Waals surface area (Å²) in [7, 11) is -1.23. The van der Waals surface area contributed by atoms with Crippen molar-refractivity contribution in [1.29, 1.82) is 0 Å². The van der Waals surface area contributed by atoms with Gasteiger partial charge in [0.15, 0.2) is 0 Å². The monoisotopic (exact) mass is 517 g/mol. The molecule has 1 aliphatic rings. The largest absolute Gasteiger partial charge is 0.497 e. The molecule has 0 aliphatic carbocycles. The predicted molar refractivity (Wildman–Crippen MR) is 135 cm³/mol. The molecule has 0 radical (unpaired) electrons. The molecule has 11 nitrogen and oxygen atoms in total. The van der Waals surface area contributed by atoms with E-state index in [1.54, 1.807) is 60.5 Å². The number of anilines is 1. The SMILES string of the molecule is COc1ccc(N(C)C(=O)C(Cc2ccccc2)NC(=O)NS(=O)(=O)NCC(=O)N2CCCC2)cc1. The minimum atomic E-state index is -4.33. The number of methoxy groups -OCH3 is 1. The van der Waals surface area contributed by atoms with Crippen LogP contribution in [0.5, 0.6) is 5.75 Å². The van der Waals surface area contributed by atoms with Gasteiger partial charge >= 0.3 is 16.2 Å². The molecule has 1 unspecified atom stereocenters. The van der Waals surface area contributed by atoms with Gasteiger partial charge in [0, 0.05) is 32.2 Å². The summed E-state index contributed by atoms with van der Waals surface area (Å²) in [6.45, 7) is 0.703. The van der Waals surface area contributed by atoms with Gasteiger partial charge in [-0.1, -0.05) is 30.3 Å². The smallest absolute Gasteiger partial charge is 0.330 e. The van der Waals surface area contributed by atoms with Crippen molar-refractivity contribution in [3.05, 3.63) is 60.2 Å².